The summed E-state index contributed by atoms with van der Waals surface area (Å²) < 4.78 is 32.2. The van der Waals surface area contributed by atoms with Gasteiger partial charge in [0.2, 0.25) is 0 Å². The van der Waals surface area contributed by atoms with Crippen molar-refractivity contribution in [3.8, 4) is 0 Å². The number of rotatable bonds is 15. The van der Waals surface area contributed by atoms with E-state index in [1.54, 1.807) is 0 Å². The Balaban J connectivity index is 0.000000550. The van der Waals surface area contributed by atoms with Gasteiger partial charge in [0.1, 0.15) is 9.84 Å². The van der Waals surface area contributed by atoms with Crippen molar-refractivity contribution in [2.24, 2.45) is 11.3 Å². The maximum atomic E-state index is 10.8. The van der Waals surface area contributed by atoms with Crippen LogP contribution in [0.1, 0.15) is 249 Å². The van der Waals surface area contributed by atoms with Crippen molar-refractivity contribution in [2.75, 3.05) is 143 Å². The van der Waals surface area contributed by atoms with Crippen LogP contribution in [0.25, 0.3) is 0 Å². The van der Waals surface area contributed by atoms with Gasteiger partial charge in [-0.1, -0.05) is 94.8 Å². The van der Waals surface area contributed by atoms with Crippen LogP contribution < -0.4 is 21.3 Å². The fourth-order valence-corrected chi connectivity index (χ4v) is 12.1. The third kappa shape index (κ3) is 51.1. The topological polar surface area (TPSA) is 129 Å². The molecule has 15 nitrogen and oxygen atoms in total. The average molecular weight is 1370 g/mol. The molecular weight excluding hydrogens is 1210 g/mol. The summed E-state index contributed by atoms with van der Waals surface area (Å²) in [5.41, 5.74) is 4.85. The normalized spacial score (nSPS) is 19.8. The molecule has 6 aliphatic rings. The SMILES string of the molecule is CC(C)(C)CCCCS(C)(=O)=O.CC(C)(C)N1CC(N2CCOCC2)C1.CC(C)(C)N1CCCC1.CC(C)(C)N1CCCCO1.CC(C)(C)NCCN1CCOCC1.CC(C)(C)NCc1ccccc1.CC(NC(C)(C)C)c1ccccc1.CC1CCN(CCNC(C)(C)C)C1. The van der Waals surface area contributed by atoms with Crippen LogP contribution in [-0.2, 0) is 30.7 Å². The molecule has 564 valence electrons. The molecule has 96 heavy (non-hydrogen) atoms. The highest BCUT2D eigenvalue weighted by atomic mass is 32.2. The average Bonchev–Trinajstić information content (AvgIpc) is 1.01. The molecule has 2 aromatic rings. The van der Waals surface area contributed by atoms with Gasteiger partial charge in [-0.15, -0.1) is 0 Å². The molecule has 6 aliphatic heterocycles. The lowest BCUT2D eigenvalue weighted by Gasteiger charge is -2.52. The van der Waals surface area contributed by atoms with Gasteiger partial charge < -0.3 is 35.6 Å². The monoisotopic (exact) mass is 1370 g/mol. The van der Waals surface area contributed by atoms with E-state index >= 15 is 0 Å². The van der Waals surface area contributed by atoms with Crippen molar-refractivity contribution < 1.29 is 22.7 Å². The summed E-state index contributed by atoms with van der Waals surface area (Å²) in [7, 11) is -2.74. The number of unbranched alkanes of at least 4 members (excludes halogenated alkanes) is 1. The molecule has 16 heteroatoms. The molecule has 0 bridgehead atoms. The summed E-state index contributed by atoms with van der Waals surface area (Å²) in [6.07, 6.45) is 10.9. The molecule has 4 N–H and O–H groups in total. The Kier molecular flexibility index (Phi) is 43.1. The quantitative estimate of drug-likeness (QED) is 0.126. The number of likely N-dealkylation sites (tertiary alicyclic amines) is 3. The van der Waals surface area contributed by atoms with Crippen molar-refractivity contribution in [3.63, 3.8) is 0 Å². The zero-order chi connectivity index (χ0) is 73.1. The van der Waals surface area contributed by atoms with Crippen LogP contribution >= 0.6 is 0 Å². The number of nitrogens with one attached hydrogen (secondary N) is 4. The second-order valence-electron chi connectivity index (χ2n) is 36.3. The molecule has 0 aliphatic carbocycles. The van der Waals surface area contributed by atoms with Crippen LogP contribution in [0.5, 0.6) is 0 Å². The van der Waals surface area contributed by atoms with E-state index in [2.05, 4.69) is 279 Å². The van der Waals surface area contributed by atoms with Gasteiger partial charge in [-0.3, -0.25) is 24.4 Å². The Hall–Kier alpha value is -2.13. The van der Waals surface area contributed by atoms with Crippen LogP contribution in [0.3, 0.4) is 0 Å². The van der Waals surface area contributed by atoms with Crippen LogP contribution in [0.15, 0.2) is 60.7 Å². The molecule has 0 radical (unpaired) electrons. The van der Waals surface area contributed by atoms with Crippen molar-refractivity contribution in [1.82, 2.24) is 50.8 Å². The van der Waals surface area contributed by atoms with Crippen LogP contribution in [0, 0.1) is 11.3 Å². The first-order valence-corrected chi connectivity index (χ1v) is 39.7. The molecule has 0 amide bonds. The van der Waals surface area contributed by atoms with Crippen molar-refractivity contribution >= 4 is 9.84 Å². The van der Waals surface area contributed by atoms with E-state index in [4.69, 9.17) is 14.3 Å². The van der Waals surface area contributed by atoms with E-state index < -0.39 is 9.84 Å². The lowest BCUT2D eigenvalue weighted by atomic mass is 9.90. The zero-order valence-corrected chi connectivity index (χ0v) is 68.7. The largest absolute Gasteiger partial charge is 0.379 e. The van der Waals surface area contributed by atoms with Gasteiger partial charge in [0.15, 0.2) is 0 Å². The third-order valence-corrected chi connectivity index (χ3v) is 18.3. The van der Waals surface area contributed by atoms with Gasteiger partial charge >= 0.3 is 0 Å². The second kappa shape index (κ2) is 45.1. The maximum Gasteiger partial charge on any atom is 0.147 e. The number of sulfone groups is 1. The predicted molar refractivity (Wildman–Crippen MR) is 416 cm³/mol. The first kappa shape index (κ1) is 91.9. The Bertz CT molecular complexity index is 2290. The Morgan fingerprint density at radius 3 is 1.35 bits per heavy atom. The number of hydroxylamine groups is 2. The molecule has 0 saturated carbocycles. The summed E-state index contributed by atoms with van der Waals surface area (Å²) in [6, 6.07) is 22.2. The molecule has 6 fully saturated rings. The third-order valence-electron chi connectivity index (χ3n) is 17.3. The van der Waals surface area contributed by atoms with E-state index in [0.717, 1.165) is 123 Å². The minimum atomic E-state index is -2.74. The summed E-state index contributed by atoms with van der Waals surface area (Å²) in [6.45, 7) is 81.0. The molecule has 0 aromatic heterocycles. The van der Waals surface area contributed by atoms with Crippen LogP contribution in [0.4, 0.5) is 0 Å². The van der Waals surface area contributed by atoms with Gasteiger partial charge in [-0.2, -0.15) is 5.06 Å². The number of benzene rings is 2. The van der Waals surface area contributed by atoms with Gasteiger partial charge in [-0.05, 0) is 239 Å². The maximum absolute atomic E-state index is 10.8. The standard InChI is InChI=1S/C12H19N.C11H22N2O.C11H24N2.C11H17N.C10H22N2O.C9H20O2S.C8H17NO.C8H17N/c1-10(13-12(2,3)4)11-8-6-5-7-9-11;1-11(2,3)13-8-10(9-13)12-4-6-14-7-5-12;1-10-5-7-13(9-10)8-6-12-11(2,3)4;1-11(2,3)12-9-10-7-5-4-6-8-10;1-10(2,3)11-4-5-12-6-8-13-9-7-12;1-9(2,3)7-5-6-8-12(4,10)11;1-8(2,3)9-6-4-5-7-10-9;1-8(2,3)9-6-4-5-7-9/h5-10,13H,1-4H3;10H,4-9H2,1-3H3;10,12H,5-9H2,1-4H3;4-8,12H,9H2,1-3H3;11H,4-9H2,1-3H3;5-8H2,1-4H3;4-7H2,1-3H3;4-7H2,1-3H3. The smallest absolute Gasteiger partial charge is 0.147 e. The highest BCUT2D eigenvalue weighted by Gasteiger charge is 2.38. The number of hydrogen-bond acceptors (Lipinski definition) is 15. The fourth-order valence-electron chi connectivity index (χ4n) is 11.4. The highest BCUT2D eigenvalue weighted by Crippen LogP contribution is 2.26. The van der Waals surface area contributed by atoms with Gasteiger partial charge in [-0.25, -0.2) is 8.42 Å². The first-order valence-electron chi connectivity index (χ1n) is 37.7. The Morgan fingerprint density at radius 2 is 0.969 bits per heavy atom. The van der Waals surface area contributed by atoms with Crippen molar-refractivity contribution in [2.45, 2.75) is 289 Å². The number of nitrogens with zero attached hydrogens (tertiary/aromatic N) is 6. The first-order chi connectivity index (χ1) is 44.1. The Labute approximate surface area is 595 Å². The van der Waals surface area contributed by atoms with Gasteiger partial charge in [0.05, 0.1) is 33.0 Å². The van der Waals surface area contributed by atoms with Crippen LogP contribution in [0.2, 0.25) is 0 Å². The summed E-state index contributed by atoms with van der Waals surface area (Å²) in [4.78, 5) is 18.2. The molecular formula is C80H158N10O5S. The predicted octanol–water partition coefficient (Wildman–Crippen LogP) is 14.9. The van der Waals surface area contributed by atoms with E-state index in [9.17, 15) is 8.42 Å². The Morgan fingerprint density at radius 1 is 0.500 bits per heavy atom. The minimum Gasteiger partial charge on any atom is -0.379 e. The van der Waals surface area contributed by atoms with Gasteiger partial charge in [0.25, 0.3) is 0 Å². The second-order valence-corrected chi connectivity index (χ2v) is 38.6. The van der Waals surface area contributed by atoms with Crippen molar-refractivity contribution in [1.29, 1.82) is 0 Å². The number of hydrogen-bond donors (Lipinski definition) is 4. The van der Waals surface area contributed by atoms with E-state index in [1.807, 2.05) is 12.1 Å². The van der Waals surface area contributed by atoms with E-state index in [0.29, 0.717) is 28.3 Å². The van der Waals surface area contributed by atoms with E-state index in [1.165, 1.54) is 95.3 Å². The summed E-state index contributed by atoms with van der Waals surface area (Å²) in [5.74, 6) is 1.25. The zero-order valence-electron chi connectivity index (χ0n) is 67.9. The summed E-state index contributed by atoms with van der Waals surface area (Å²) in [5, 5.41) is 16.1. The van der Waals surface area contributed by atoms with Gasteiger partial charge in [0, 0.05) is 148 Å². The number of morpholine rings is 2. The summed E-state index contributed by atoms with van der Waals surface area (Å²) >= 11 is 0. The fraction of sp³-hybridized carbons (Fsp3) is 0.850. The minimum absolute atomic E-state index is 0.176. The lowest BCUT2D eigenvalue weighted by Crippen LogP contribution is -2.65. The molecule has 2 aromatic carbocycles. The highest BCUT2D eigenvalue weighted by molar-refractivity contribution is 7.90. The molecule has 6 heterocycles. The lowest BCUT2D eigenvalue weighted by molar-refractivity contribution is -0.227. The molecule has 6 saturated heterocycles. The van der Waals surface area contributed by atoms with Crippen molar-refractivity contribution in [3.05, 3.63) is 71.8 Å². The molecule has 2 unspecified atom stereocenters. The molecule has 8 rings (SSSR count). The molecule has 2 atom stereocenters. The molecule has 0 spiro atoms. The van der Waals surface area contributed by atoms with E-state index in [-0.39, 0.29) is 27.7 Å². The number of ether oxygens (including phenoxy) is 2. The van der Waals surface area contributed by atoms with Crippen LogP contribution in [-0.4, -0.2) is 226 Å².